The van der Waals surface area contributed by atoms with Gasteiger partial charge in [0.05, 0.1) is 12.1 Å². The van der Waals surface area contributed by atoms with Crippen molar-refractivity contribution in [2.45, 2.75) is 12.6 Å². The number of nitrogens with zero attached hydrogens (tertiary/aromatic N) is 3. The lowest BCUT2D eigenvalue weighted by atomic mass is 10.1. The molecule has 0 unspecified atom stereocenters. The number of carbonyl (C=O) groups excluding carboxylic acids is 1. The molecule has 1 aliphatic rings. The average molecular weight is 371 g/mol. The largest absolute Gasteiger partial charge is 0.478 e. The van der Waals surface area contributed by atoms with Crippen molar-refractivity contribution in [3.8, 4) is 11.3 Å². The Hall–Kier alpha value is -2.64. The van der Waals surface area contributed by atoms with Gasteiger partial charge in [0.15, 0.2) is 0 Å². The molecule has 2 aromatic rings. The van der Waals surface area contributed by atoms with E-state index < -0.39 is 5.97 Å². The molecule has 1 aromatic heterocycles. The molecule has 0 saturated carbocycles. The van der Waals surface area contributed by atoms with Gasteiger partial charge in [0.1, 0.15) is 17.6 Å². The van der Waals surface area contributed by atoms with Crippen LogP contribution in [0.4, 0.5) is 0 Å². The van der Waals surface area contributed by atoms with Gasteiger partial charge in [0.25, 0.3) is 0 Å². The van der Waals surface area contributed by atoms with Gasteiger partial charge in [-0.05, 0) is 25.2 Å². The first-order chi connectivity index (χ1) is 12.9. The van der Waals surface area contributed by atoms with Gasteiger partial charge in [-0.15, -0.1) is 0 Å². The Morgan fingerprint density at radius 2 is 1.93 bits per heavy atom. The highest BCUT2D eigenvalue weighted by atomic mass is 16.4. The molecule has 3 rings (SSSR count). The van der Waals surface area contributed by atoms with Gasteiger partial charge in [-0.25, -0.2) is 4.79 Å². The number of likely N-dealkylation sites (N-methyl/N-ethyl adjacent to an activating group) is 2. The number of amides is 1. The molecule has 144 valence electrons. The fourth-order valence-electron chi connectivity index (χ4n) is 3.37. The predicted octanol–water partition coefficient (Wildman–Crippen LogP) is 1.85. The van der Waals surface area contributed by atoms with Crippen LogP contribution in [0.1, 0.15) is 16.1 Å². The van der Waals surface area contributed by atoms with Gasteiger partial charge in [0.2, 0.25) is 5.91 Å². The second kappa shape index (κ2) is 7.94. The summed E-state index contributed by atoms with van der Waals surface area (Å²) in [6, 6.07) is 10.2. The lowest BCUT2D eigenvalue weighted by Crippen LogP contribution is -2.57. The van der Waals surface area contributed by atoms with E-state index in [2.05, 4.69) is 9.80 Å². The van der Waals surface area contributed by atoms with E-state index in [1.807, 2.05) is 13.1 Å². The van der Waals surface area contributed by atoms with Gasteiger partial charge >= 0.3 is 5.97 Å². The number of benzene rings is 1. The number of aromatic carboxylic acids is 1. The van der Waals surface area contributed by atoms with Crippen LogP contribution in [0.5, 0.6) is 0 Å². The monoisotopic (exact) mass is 371 g/mol. The molecule has 7 nitrogen and oxygen atoms in total. The minimum absolute atomic E-state index is 0.0737. The predicted molar refractivity (Wildman–Crippen MR) is 101 cm³/mol. The van der Waals surface area contributed by atoms with Crippen molar-refractivity contribution >= 4 is 11.9 Å². The van der Waals surface area contributed by atoms with E-state index in [-0.39, 0.29) is 17.5 Å². The molecule has 1 fully saturated rings. The zero-order valence-corrected chi connectivity index (χ0v) is 15.9. The molecular formula is C20H25N3O4. The Labute approximate surface area is 158 Å². The van der Waals surface area contributed by atoms with E-state index in [0.717, 1.165) is 13.1 Å². The number of hydrogen-bond acceptors (Lipinski definition) is 5. The SMILES string of the molecule is CN1CCN(Cc2ccc(-c3ccccc3C(=O)O)o2)[C@@H](C(=O)N(C)C)C1. The molecule has 1 atom stereocenters. The van der Waals surface area contributed by atoms with Crippen molar-refractivity contribution in [3.05, 3.63) is 47.7 Å². The molecular weight excluding hydrogens is 346 g/mol. The lowest BCUT2D eigenvalue weighted by Gasteiger charge is -2.39. The van der Waals surface area contributed by atoms with Crippen LogP contribution in [0.25, 0.3) is 11.3 Å². The molecule has 0 aliphatic carbocycles. The van der Waals surface area contributed by atoms with Crippen LogP contribution in [0.15, 0.2) is 40.8 Å². The second-order valence-corrected chi connectivity index (χ2v) is 7.10. The van der Waals surface area contributed by atoms with Crippen LogP contribution in [0, 0.1) is 0 Å². The number of carboxylic acid groups (broad SMARTS) is 1. The number of piperazine rings is 1. The molecule has 1 N–H and O–H groups in total. The van der Waals surface area contributed by atoms with Crippen molar-refractivity contribution in [2.75, 3.05) is 40.8 Å². The summed E-state index contributed by atoms with van der Waals surface area (Å²) in [5, 5.41) is 9.37. The van der Waals surface area contributed by atoms with Crippen LogP contribution in [-0.2, 0) is 11.3 Å². The molecule has 1 amide bonds. The fourth-order valence-corrected chi connectivity index (χ4v) is 3.37. The van der Waals surface area contributed by atoms with Gasteiger partial charge < -0.3 is 19.3 Å². The van der Waals surface area contributed by atoms with Crippen LogP contribution in [-0.4, -0.2) is 78.5 Å². The average Bonchev–Trinajstić information content (AvgIpc) is 3.11. The van der Waals surface area contributed by atoms with Gasteiger partial charge in [-0.3, -0.25) is 9.69 Å². The summed E-state index contributed by atoms with van der Waals surface area (Å²) >= 11 is 0. The van der Waals surface area contributed by atoms with Crippen molar-refractivity contribution in [2.24, 2.45) is 0 Å². The Kier molecular flexibility index (Phi) is 5.62. The van der Waals surface area contributed by atoms with Gasteiger partial charge in [-0.2, -0.15) is 0 Å². The summed E-state index contributed by atoms with van der Waals surface area (Å²) in [6.07, 6.45) is 0. The zero-order valence-electron chi connectivity index (χ0n) is 15.9. The van der Waals surface area contributed by atoms with E-state index in [9.17, 15) is 14.7 Å². The summed E-state index contributed by atoms with van der Waals surface area (Å²) in [5.74, 6) is 0.322. The molecule has 1 aliphatic heterocycles. The first kappa shape index (κ1) is 19.1. The highest BCUT2D eigenvalue weighted by Crippen LogP contribution is 2.27. The van der Waals surface area contributed by atoms with Crippen LogP contribution < -0.4 is 0 Å². The molecule has 0 bridgehead atoms. The van der Waals surface area contributed by atoms with Gasteiger partial charge in [0, 0.05) is 39.3 Å². The van der Waals surface area contributed by atoms with Crippen molar-refractivity contribution in [3.63, 3.8) is 0 Å². The maximum atomic E-state index is 12.6. The normalized spacial score (nSPS) is 18.4. The fraction of sp³-hybridized carbons (Fsp3) is 0.400. The van der Waals surface area contributed by atoms with Gasteiger partial charge in [-0.1, -0.05) is 18.2 Å². The number of rotatable bonds is 5. The van der Waals surface area contributed by atoms with Crippen LogP contribution in [0.2, 0.25) is 0 Å². The Balaban J connectivity index is 1.81. The number of carboxylic acids is 1. The van der Waals surface area contributed by atoms with Crippen molar-refractivity contribution in [1.29, 1.82) is 0 Å². The molecule has 1 saturated heterocycles. The quantitative estimate of drug-likeness (QED) is 0.864. The van der Waals surface area contributed by atoms with Crippen LogP contribution >= 0.6 is 0 Å². The molecule has 0 radical (unpaired) electrons. The third-order valence-electron chi connectivity index (χ3n) is 4.86. The zero-order chi connectivity index (χ0) is 19.6. The number of hydrogen-bond donors (Lipinski definition) is 1. The summed E-state index contributed by atoms with van der Waals surface area (Å²) in [7, 11) is 5.55. The molecule has 7 heteroatoms. The molecule has 0 spiro atoms. The first-order valence-corrected chi connectivity index (χ1v) is 8.92. The van der Waals surface area contributed by atoms with Crippen molar-refractivity contribution < 1.29 is 19.1 Å². The molecule has 2 heterocycles. The standard InChI is InChI=1S/C20H25N3O4/c1-21(2)19(24)17-13-22(3)10-11-23(17)12-14-8-9-18(27-14)15-6-4-5-7-16(15)20(25)26/h4-9,17H,10-13H2,1-3H3,(H,25,26)/t17-/m1/s1. The Bertz CT molecular complexity index is 830. The summed E-state index contributed by atoms with van der Waals surface area (Å²) < 4.78 is 5.94. The smallest absolute Gasteiger partial charge is 0.336 e. The maximum Gasteiger partial charge on any atom is 0.336 e. The second-order valence-electron chi connectivity index (χ2n) is 7.10. The van der Waals surface area contributed by atoms with Crippen molar-refractivity contribution in [1.82, 2.24) is 14.7 Å². The summed E-state index contributed by atoms with van der Waals surface area (Å²) in [5.41, 5.74) is 0.759. The van der Waals surface area contributed by atoms with E-state index >= 15 is 0 Å². The highest BCUT2D eigenvalue weighted by molar-refractivity contribution is 5.95. The van der Waals surface area contributed by atoms with E-state index in [0.29, 0.717) is 30.2 Å². The van der Waals surface area contributed by atoms with E-state index in [4.69, 9.17) is 4.42 Å². The lowest BCUT2D eigenvalue weighted by molar-refractivity contribution is -0.137. The molecule has 27 heavy (non-hydrogen) atoms. The minimum Gasteiger partial charge on any atom is -0.478 e. The van der Waals surface area contributed by atoms with E-state index in [1.54, 1.807) is 49.3 Å². The summed E-state index contributed by atoms with van der Waals surface area (Å²) in [4.78, 5) is 29.9. The molecule has 1 aromatic carbocycles. The number of carbonyl (C=O) groups is 2. The first-order valence-electron chi connectivity index (χ1n) is 8.92. The minimum atomic E-state index is -0.987. The Morgan fingerprint density at radius 3 is 2.63 bits per heavy atom. The third kappa shape index (κ3) is 4.20. The van der Waals surface area contributed by atoms with Crippen LogP contribution in [0.3, 0.4) is 0 Å². The Morgan fingerprint density at radius 1 is 1.19 bits per heavy atom. The highest BCUT2D eigenvalue weighted by Gasteiger charge is 2.32. The number of furan rings is 1. The maximum absolute atomic E-state index is 12.6. The summed E-state index contributed by atoms with van der Waals surface area (Å²) in [6.45, 7) is 2.83. The topological polar surface area (TPSA) is 77.2 Å². The van der Waals surface area contributed by atoms with E-state index in [1.165, 1.54) is 0 Å². The third-order valence-corrected chi connectivity index (χ3v) is 4.86.